The molecule has 0 bridgehead atoms. The van der Waals surface area contributed by atoms with Crippen LogP contribution in [0, 0.1) is 6.92 Å². The predicted octanol–water partition coefficient (Wildman–Crippen LogP) is 4.35. The van der Waals surface area contributed by atoms with E-state index in [4.69, 9.17) is 33.7 Å². The summed E-state index contributed by atoms with van der Waals surface area (Å²) in [5, 5.41) is 0.274. The second-order valence-corrected chi connectivity index (χ2v) is 6.07. The molecule has 0 aliphatic heterocycles. The SMILES string of the molecule is Cc1cc(Cl)c(N=C(N)C2(Cl)CC2)cc1OCC(F)(F)F. The Morgan fingerprint density at radius 3 is 2.57 bits per heavy atom. The third-order valence-electron chi connectivity index (χ3n) is 3.02. The van der Waals surface area contributed by atoms with Crippen molar-refractivity contribution in [2.45, 2.75) is 30.8 Å². The Bertz CT molecular complexity index is 584. The van der Waals surface area contributed by atoms with Gasteiger partial charge in [-0.2, -0.15) is 13.2 Å². The van der Waals surface area contributed by atoms with Gasteiger partial charge in [0.15, 0.2) is 6.61 Å². The monoisotopic (exact) mass is 340 g/mol. The van der Waals surface area contributed by atoms with Crippen LogP contribution in [0.1, 0.15) is 18.4 Å². The quantitative estimate of drug-likeness (QED) is 0.503. The maximum Gasteiger partial charge on any atom is 0.422 e. The summed E-state index contributed by atoms with van der Waals surface area (Å²) in [5.41, 5.74) is 6.50. The maximum atomic E-state index is 12.2. The summed E-state index contributed by atoms with van der Waals surface area (Å²) >= 11 is 12.1. The van der Waals surface area contributed by atoms with Crippen molar-refractivity contribution in [3.63, 3.8) is 0 Å². The van der Waals surface area contributed by atoms with E-state index in [1.165, 1.54) is 12.1 Å². The molecule has 21 heavy (non-hydrogen) atoms. The van der Waals surface area contributed by atoms with Crippen LogP contribution in [0.15, 0.2) is 17.1 Å². The normalized spacial score (nSPS) is 17.7. The molecule has 116 valence electrons. The van der Waals surface area contributed by atoms with Gasteiger partial charge in [0.25, 0.3) is 0 Å². The van der Waals surface area contributed by atoms with Crippen molar-refractivity contribution in [1.82, 2.24) is 0 Å². The van der Waals surface area contributed by atoms with E-state index in [9.17, 15) is 13.2 Å². The van der Waals surface area contributed by atoms with Gasteiger partial charge in [0.05, 0.1) is 10.7 Å². The molecule has 1 saturated carbocycles. The Kier molecular flexibility index (Phi) is 4.31. The molecule has 0 aromatic heterocycles. The molecule has 1 fully saturated rings. The molecule has 1 aliphatic rings. The number of nitrogens with two attached hydrogens (primary N) is 1. The van der Waals surface area contributed by atoms with Crippen LogP contribution in [0.5, 0.6) is 5.75 Å². The molecule has 1 aromatic rings. The Hall–Kier alpha value is -1.14. The molecule has 0 amide bonds. The van der Waals surface area contributed by atoms with Crippen LogP contribution in [0.3, 0.4) is 0 Å². The lowest BCUT2D eigenvalue weighted by Gasteiger charge is -2.13. The number of nitrogens with zero attached hydrogens (tertiary/aromatic N) is 1. The second kappa shape index (κ2) is 5.57. The van der Waals surface area contributed by atoms with Gasteiger partial charge in [-0.1, -0.05) is 11.6 Å². The molecule has 0 saturated heterocycles. The zero-order valence-corrected chi connectivity index (χ0v) is 12.6. The van der Waals surface area contributed by atoms with E-state index >= 15 is 0 Å². The molecule has 2 rings (SSSR count). The highest BCUT2D eigenvalue weighted by Crippen LogP contribution is 2.44. The number of benzene rings is 1. The van der Waals surface area contributed by atoms with Gasteiger partial charge in [-0.3, -0.25) is 0 Å². The number of alkyl halides is 4. The number of aliphatic imine (C=N–C) groups is 1. The van der Waals surface area contributed by atoms with E-state index in [0.29, 0.717) is 18.4 Å². The van der Waals surface area contributed by atoms with Gasteiger partial charge in [-0.05, 0) is 31.4 Å². The van der Waals surface area contributed by atoms with Crippen molar-refractivity contribution < 1.29 is 17.9 Å². The van der Waals surface area contributed by atoms with Crippen LogP contribution in [-0.4, -0.2) is 23.5 Å². The Morgan fingerprint density at radius 2 is 2.05 bits per heavy atom. The summed E-state index contributed by atoms with van der Waals surface area (Å²) in [6.45, 7) is 0.214. The van der Waals surface area contributed by atoms with E-state index < -0.39 is 17.7 Å². The Morgan fingerprint density at radius 1 is 1.43 bits per heavy atom. The average Bonchev–Trinajstić information content (AvgIpc) is 3.09. The third-order valence-corrected chi connectivity index (χ3v) is 3.90. The highest BCUT2D eigenvalue weighted by atomic mass is 35.5. The molecule has 1 aromatic carbocycles. The fourth-order valence-electron chi connectivity index (χ4n) is 1.64. The number of hydrogen-bond acceptors (Lipinski definition) is 2. The van der Waals surface area contributed by atoms with Crippen molar-refractivity contribution in [1.29, 1.82) is 0 Å². The van der Waals surface area contributed by atoms with Gasteiger partial charge in [0.1, 0.15) is 16.5 Å². The van der Waals surface area contributed by atoms with Gasteiger partial charge in [0, 0.05) is 6.07 Å². The van der Waals surface area contributed by atoms with Crippen LogP contribution in [0.4, 0.5) is 18.9 Å². The highest BCUT2D eigenvalue weighted by molar-refractivity contribution is 6.38. The van der Waals surface area contributed by atoms with Gasteiger partial charge < -0.3 is 10.5 Å². The number of ether oxygens (including phenoxy) is 1. The number of amidine groups is 1. The third kappa shape index (κ3) is 4.17. The number of halogens is 5. The molecule has 0 radical (unpaired) electrons. The van der Waals surface area contributed by atoms with Gasteiger partial charge >= 0.3 is 6.18 Å². The lowest BCUT2D eigenvalue weighted by Crippen LogP contribution is -2.25. The van der Waals surface area contributed by atoms with Crippen molar-refractivity contribution in [2.24, 2.45) is 10.7 Å². The first-order valence-electron chi connectivity index (χ1n) is 6.14. The summed E-state index contributed by atoms with van der Waals surface area (Å²) in [6, 6.07) is 2.81. The number of hydrogen-bond donors (Lipinski definition) is 1. The summed E-state index contributed by atoms with van der Waals surface area (Å²) in [7, 11) is 0. The van der Waals surface area contributed by atoms with Crippen LogP contribution in [0.25, 0.3) is 0 Å². The van der Waals surface area contributed by atoms with E-state index in [1.54, 1.807) is 6.92 Å². The standard InChI is InChI=1S/C13H13Cl2F3N2O/c1-7-4-8(14)9(20-11(19)12(15)2-3-12)5-10(7)21-6-13(16,17)18/h4-5H,2-3,6H2,1H3,(H2,19,20). The van der Waals surface area contributed by atoms with Gasteiger partial charge in [-0.25, -0.2) is 4.99 Å². The molecule has 2 N–H and O–H groups in total. The van der Waals surface area contributed by atoms with Crippen LogP contribution in [-0.2, 0) is 0 Å². The molecule has 0 unspecified atom stereocenters. The minimum Gasteiger partial charge on any atom is -0.484 e. The number of aryl methyl sites for hydroxylation is 1. The fourth-order valence-corrected chi connectivity index (χ4v) is 2.04. The second-order valence-electron chi connectivity index (χ2n) is 4.94. The van der Waals surface area contributed by atoms with E-state index in [1.807, 2.05) is 0 Å². The molecule has 3 nitrogen and oxygen atoms in total. The predicted molar refractivity (Wildman–Crippen MR) is 76.8 cm³/mol. The Labute approximate surface area is 129 Å². The van der Waals surface area contributed by atoms with Gasteiger partial charge in [0.2, 0.25) is 0 Å². The van der Waals surface area contributed by atoms with Crippen molar-refractivity contribution in [3.8, 4) is 5.75 Å². The minimum absolute atomic E-state index is 0.0581. The summed E-state index contributed by atoms with van der Waals surface area (Å²) in [5.74, 6) is 0.263. The van der Waals surface area contributed by atoms with Crippen molar-refractivity contribution >= 4 is 34.7 Å². The van der Waals surface area contributed by atoms with Crippen LogP contribution < -0.4 is 10.5 Å². The Balaban J connectivity index is 2.26. The minimum atomic E-state index is -4.41. The van der Waals surface area contributed by atoms with Crippen molar-refractivity contribution in [2.75, 3.05) is 6.61 Å². The van der Waals surface area contributed by atoms with Crippen LogP contribution in [0.2, 0.25) is 5.02 Å². The zero-order chi connectivity index (χ0) is 15.8. The highest BCUT2D eigenvalue weighted by Gasteiger charge is 2.44. The smallest absolute Gasteiger partial charge is 0.422 e. The number of rotatable bonds is 4. The van der Waals surface area contributed by atoms with Crippen molar-refractivity contribution in [3.05, 3.63) is 22.7 Å². The first-order chi connectivity index (χ1) is 9.61. The fraction of sp³-hybridized carbons (Fsp3) is 0.462. The first-order valence-corrected chi connectivity index (χ1v) is 6.89. The molecule has 0 spiro atoms. The largest absolute Gasteiger partial charge is 0.484 e. The summed E-state index contributed by atoms with van der Waals surface area (Å²) < 4.78 is 41.4. The molecule has 0 heterocycles. The van der Waals surface area contributed by atoms with E-state index in [0.717, 1.165) is 0 Å². The molecule has 1 aliphatic carbocycles. The summed E-state index contributed by atoms with van der Waals surface area (Å²) in [4.78, 5) is 3.46. The van der Waals surface area contributed by atoms with E-state index in [-0.39, 0.29) is 22.3 Å². The molecule has 8 heteroatoms. The molecule has 0 atom stereocenters. The zero-order valence-electron chi connectivity index (χ0n) is 11.1. The molecular formula is C13H13Cl2F3N2O. The van der Waals surface area contributed by atoms with Crippen LogP contribution >= 0.6 is 23.2 Å². The maximum absolute atomic E-state index is 12.2. The molecular weight excluding hydrogens is 328 g/mol. The lowest BCUT2D eigenvalue weighted by atomic mass is 10.2. The first kappa shape index (κ1) is 16.2. The van der Waals surface area contributed by atoms with Gasteiger partial charge in [-0.15, -0.1) is 11.6 Å². The lowest BCUT2D eigenvalue weighted by molar-refractivity contribution is -0.153. The topological polar surface area (TPSA) is 47.6 Å². The average molecular weight is 341 g/mol. The van der Waals surface area contributed by atoms with E-state index in [2.05, 4.69) is 4.99 Å². The summed E-state index contributed by atoms with van der Waals surface area (Å²) in [6.07, 6.45) is -2.99.